The zero-order valence-electron chi connectivity index (χ0n) is 31.2. The molecule has 0 fully saturated rings. The van der Waals surface area contributed by atoms with Crippen LogP contribution in [-0.4, -0.2) is 36.4 Å². The van der Waals surface area contributed by atoms with Crippen LogP contribution in [0.1, 0.15) is 53.5 Å². The van der Waals surface area contributed by atoms with E-state index in [1.807, 2.05) is 31.2 Å². The number of rotatable bonds is 5. The van der Waals surface area contributed by atoms with Gasteiger partial charge >= 0.3 is 0 Å². The van der Waals surface area contributed by atoms with Gasteiger partial charge in [0, 0.05) is 58.8 Å². The van der Waals surface area contributed by atoms with Crippen LogP contribution >= 0.6 is 23.2 Å². The van der Waals surface area contributed by atoms with Crippen LogP contribution in [0, 0.1) is 37.1 Å². The molecule has 4 aromatic carbocycles. The summed E-state index contributed by atoms with van der Waals surface area (Å²) in [6.45, 7) is 3.68. The Morgan fingerprint density at radius 3 is 1.79 bits per heavy atom. The maximum absolute atomic E-state index is 14.7. The number of para-hydroxylation sites is 1. The molecule has 0 spiro atoms. The summed E-state index contributed by atoms with van der Waals surface area (Å²) < 4.78 is 52.7. The molecule has 4 aromatic heterocycles. The van der Waals surface area contributed by atoms with Gasteiger partial charge in [0.25, 0.3) is 0 Å². The van der Waals surface area contributed by atoms with E-state index in [9.17, 15) is 32.6 Å². The number of hydrogen-bond donors (Lipinski definition) is 4. The first-order valence-electron chi connectivity index (χ1n) is 17.5. The Morgan fingerprint density at radius 2 is 1.21 bits per heavy atom. The van der Waals surface area contributed by atoms with Crippen molar-refractivity contribution in [2.24, 2.45) is 0 Å². The zero-order chi connectivity index (χ0) is 42.6. The molecule has 0 aliphatic heterocycles. The fraction of sp³-hybridized carbons (Fsp3) is 0.109. The molecule has 0 saturated heterocycles. The lowest BCUT2D eigenvalue weighted by molar-refractivity contribution is 0.111. The van der Waals surface area contributed by atoms with E-state index in [0.717, 1.165) is 40.1 Å². The highest BCUT2D eigenvalue weighted by atomic mass is 35.5. The monoisotopic (exact) mass is 872 g/mol. The van der Waals surface area contributed by atoms with E-state index < -0.39 is 29.3 Å². The molecule has 15 heteroatoms. The number of benzene rings is 4. The van der Waals surface area contributed by atoms with Gasteiger partial charge in [-0.2, -0.15) is 0 Å². The summed E-state index contributed by atoms with van der Waals surface area (Å²) >= 11 is 11.6. The van der Waals surface area contributed by atoms with Gasteiger partial charge in [-0.15, -0.1) is 0 Å². The van der Waals surface area contributed by atoms with Crippen LogP contribution < -0.4 is 11.1 Å². The lowest BCUT2D eigenvalue weighted by Gasteiger charge is -2.23. The Kier molecular flexibility index (Phi) is 17.9. The zero-order valence-corrected chi connectivity index (χ0v) is 32.7. The molecule has 4 heterocycles. The van der Waals surface area contributed by atoms with Gasteiger partial charge in [0.15, 0.2) is 6.29 Å². The molecule has 0 aliphatic rings. The third-order valence-electron chi connectivity index (χ3n) is 8.48. The van der Waals surface area contributed by atoms with Crippen molar-refractivity contribution in [3.8, 4) is 11.5 Å². The number of aromatic nitrogens is 4. The van der Waals surface area contributed by atoms with E-state index in [0.29, 0.717) is 50.6 Å². The van der Waals surface area contributed by atoms with Gasteiger partial charge in [0.2, 0.25) is 0 Å². The van der Waals surface area contributed by atoms with E-state index in [2.05, 4.69) is 25.3 Å². The second-order valence-corrected chi connectivity index (χ2v) is 13.5. The molecule has 8 aromatic rings. The lowest BCUT2D eigenvalue weighted by Crippen LogP contribution is -2.16. The molecule has 0 radical (unpaired) electrons. The number of phenolic OH excluding ortho intramolecular Hbond substituents is 2. The van der Waals surface area contributed by atoms with Crippen LogP contribution in [0.25, 0.3) is 21.8 Å². The SMILES string of the molecule is C.C.Cc1cc(Cl)cnc1N.Cc1cc(Cl)cnc1NC(c1ccc(F)cc1F)c1ccc2cccnc2c1O.O=Cc1ccc(F)cc1F.Oc1cccc2cccnc12. The van der Waals surface area contributed by atoms with Crippen LogP contribution in [-0.2, 0) is 0 Å². The third kappa shape index (κ3) is 12.8. The van der Waals surface area contributed by atoms with E-state index in [-0.39, 0.29) is 37.5 Å². The van der Waals surface area contributed by atoms with Crippen molar-refractivity contribution in [3.05, 3.63) is 189 Å². The minimum absolute atomic E-state index is 0. The van der Waals surface area contributed by atoms with Gasteiger partial charge in [-0.05, 0) is 73.5 Å². The van der Waals surface area contributed by atoms with Crippen molar-refractivity contribution in [3.63, 3.8) is 0 Å². The largest absolute Gasteiger partial charge is 0.506 e. The molecular formula is C46H42Cl2F4N6O3. The molecule has 1 atom stereocenters. The van der Waals surface area contributed by atoms with Crippen molar-refractivity contribution < 1.29 is 32.6 Å². The number of aryl methyl sites for hydroxylation is 2. The Labute approximate surface area is 360 Å². The predicted molar refractivity (Wildman–Crippen MR) is 236 cm³/mol. The van der Waals surface area contributed by atoms with Crippen molar-refractivity contribution in [1.29, 1.82) is 0 Å². The van der Waals surface area contributed by atoms with Gasteiger partial charge in [0.1, 0.15) is 57.4 Å². The first-order valence-corrected chi connectivity index (χ1v) is 18.2. The van der Waals surface area contributed by atoms with Crippen LogP contribution in [0.15, 0.2) is 128 Å². The van der Waals surface area contributed by atoms with E-state index in [4.69, 9.17) is 28.9 Å². The Hall–Kier alpha value is -6.83. The number of aldehydes is 1. The van der Waals surface area contributed by atoms with E-state index >= 15 is 0 Å². The molecule has 9 nitrogen and oxygen atoms in total. The Balaban J connectivity index is 0.000000253. The fourth-order valence-electron chi connectivity index (χ4n) is 5.50. The summed E-state index contributed by atoms with van der Waals surface area (Å²) in [4.78, 5) is 26.3. The molecular weight excluding hydrogens is 831 g/mol. The minimum Gasteiger partial charge on any atom is -0.506 e. The van der Waals surface area contributed by atoms with Gasteiger partial charge in [-0.3, -0.25) is 14.8 Å². The number of hydrogen-bond acceptors (Lipinski definition) is 9. The van der Waals surface area contributed by atoms with Crippen LogP contribution in [0.2, 0.25) is 10.0 Å². The van der Waals surface area contributed by atoms with Crippen molar-refractivity contribution >= 4 is 62.9 Å². The maximum atomic E-state index is 14.7. The number of nitrogens with zero attached hydrogens (tertiary/aromatic N) is 4. The molecule has 61 heavy (non-hydrogen) atoms. The normalized spacial score (nSPS) is 10.6. The average molecular weight is 874 g/mol. The fourth-order valence-corrected chi connectivity index (χ4v) is 5.93. The number of carbonyl (C=O) groups is 1. The van der Waals surface area contributed by atoms with Crippen molar-refractivity contribution in [2.75, 3.05) is 11.1 Å². The number of halogens is 6. The Morgan fingerprint density at radius 1 is 0.656 bits per heavy atom. The smallest absolute Gasteiger partial charge is 0.152 e. The van der Waals surface area contributed by atoms with Crippen LogP contribution in [0.5, 0.6) is 11.5 Å². The maximum Gasteiger partial charge on any atom is 0.152 e. The molecule has 1 unspecified atom stereocenters. The summed E-state index contributed by atoms with van der Waals surface area (Å²) in [5.41, 5.74) is 8.55. The second-order valence-electron chi connectivity index (χ2n) is 12.6. The Bertz CT molecular complexity index is 2740. The number of carbonyl (C=O) groups excluding carboxylic acids is 1. The summed E-state index contributed by atoms with van der Waals surface area (Å²) in [6.07, 6.45) is 6.58. The van der Waals surface area contributed by atoms with Gasteiger partial charge < -0.3 is 21.3 Å². The summed E-state index contributed by atoms with van der Waals surface area (Å²) in [5.74, 6) is -1.77. The molecule has 0 bridgehead atoms. The number of nitrogens with one attached hydrogen (secondary N) is 1. The molecule has 0 saturated carbocycles. The van der Waals surface area contributed by atoms with Gasteiger partial charge in [-0.25, -0.2) is 27.5 Å². The first-order chi connectivity index (χ1) is 28.2. The van der Waals surface area contributed by atoms with Gasteiger partial charge in [-0.1, -0.05) is 80.5 Å². The van der Waals surface area contributed by atoms with Crippen LogP contribution in [0.3, 0.4) is 0 Å². The summed E-state index contributed by atoms with van der Waals surface area (Å²) in [7, 11) is 0. The molecule has 5 N–H and O–H groups in total. The predicted octanol–water partition coefficient (Wildman–Crippen LogP) is 12.4. The number of nitrogens with two attached hydrogens (primary N) is 1. The third-order valence-corrected chi connectivity index (χ3v) is 8.89. The average Bonchev–Trinajstić information content (AvgIpc) is 3.21. The number of nitrogen functional groups attached to an aromatic ring is 1. The highest BCUT2D eigenvalue weighted by Crippen LogP contribution is 2.38. The number of anilines is 2. The summed E-state index contributed by atoms with van der Waals surface area (Å²) in [5, 5.41) is 26.1. The lowest BCUT2D eigenvalue weighted by atomic mass is 9.95. The quantitative estimate of drug-likeness (QED) is 0.0980. The molecule has 316 valence electrons. The number of fused-ring (bicyclic) bond motifs is 2. The molecule has 0 aliphatic carbocycles. The first kappa shape index (κ1) is 48.5. The second kappa shape index (κ2) is 22.5. The minimum atomic E-state index is -0.839. The topological polar surface area (TPSA) is 147 Å². The standard InChI is InChI=1S/C22H16ClF2N3O.C9H7NO.C7H4F2O.C6H7ClN2.2CH4/c1-12-9-14(23)11-27-22(12)28-20(16-7-5-15(24)10-18(16)25)17-6-4-13-3-2-8-26-19(13)21(17)29;11-8-5-1-3-7-4-2-6-10-9(7)8;8-6-2-1-5(4-10)7(9)3-6;1-4-2-5(7)3-9-6(4)8;;/h2-11,20,29H,1H3,(H,27,28);1-6,11H;1-4H;2-3H,1H3,(H2,8,9);2*1H4. The number of pyridine rings is 4. The molecule has 8 rings (SSSR count). The number of phenols is 2. The van der Waals surface area contributed by atoms with Crippen LogP contribution in [0.4, 0.5) is 29.2 Å². The van der Waals surface area contributed by atoms with Crippen molar-refractivity contribution in [2.45, 2.75) is 34.7 Å². The molecule has 0 amide bonds. The van der Waals surface area contributed by atoms with E-state index in [1.165, 1.54) is 24.5 Å². The number of aromatic hydroxyl groups is 2. The van der Waals surface area contributed by atoms with Gasteiger partial charge in [0.05, 0.1) is 21.7 Å². The van der Waals surface area contributed by atoms with Crippen molar-refractivity contribution in [1.82, 2.24) is 19.9 Å². The van der Waals surface area contributed by atoms with E-state index in [1.54, 1.807) is 61.8 Å². The highest BCUT2D eigenvalue weighted by Gasteiger charge is 2.24. The summed E-state index contributed by atoms with van der Waals surface area (Å²) in [6, 6.07) is 25.0. The highest BCUT2D eigenvalue weighted by molar-refractivity contribution is 6.30.